The van der Waals surface area contributed by atoms with Crippen LogP contribution >= 0.6 is 0 Å². The number of para-hydroxylation sites is 2. The molecule has 2 N–H and O–H groups in total. The van der Waals surface area contributed by atoms with Gasteiger partial charge in [0.05, 0.1) is 17.5 Å². The first-order chi connectivity index (χ1) is 13.5. The normalized spacial score (nSPS) is 15.2. The lowest BCUT2D eigenvalue weighted by molar-refractivity contribution is 0.145. The van der Waals surface area contributed by atoms with Crippen LogP contribution in [0.5, 0.6) is 0 Å². The summed E-state index contributed by atoms with van der Waals surface area (Å²) < 4.78 is 5.48. The molecule has 0 radical (unpaired) electrons. The molecule has 5 heteroatoms. The fourth-order valence-electron chi connectivity index (χ4n) is 3.87. The highest BCUT2D eigenvalue weighted by Crippen LogP contribution is 2.30. The van der Waals surface area contributed by atoms with Crippen molar-refractivity contribution >= 4 is 22.3 Å². The summed E-state index contributed by atoms with van der Waals surface area (Å²) in [6.45, 7) is 6.23. The molecular weight excluding hydrogens is 352 g/mol. The number of piperidine rings is 1. The summed E-state index contributed by atoms with van der Waals surface area (Å²) in [5, 5.41) is 14.3. The fourth-order valence-corrected chi connectivity index (χ4v) is 3.87. The Morgan fingerprint density at radius 2 is 1.89 bits per heavy atom. The van der Waals surface area contributed by atoms with Crippen LogP contribution in [0.3, 0.4) is 0 Å². The molecule has 4 rings (SSSR count). The average molecular weight is 378 g/mol. The van der Waals surface area contributed by atoms with Gasteiger partial charge in [0.2, 0.25) is 0 Å². The SMILES string of the molecule is Cc1ccc2c(CNc3ccccc3N3CCC(O)CC3)cc(=O)oc2c1C. The van der Waals surface area contributed by atoms with E-state index in [2.05, 4.69) is 28.4 Å². The minimum Gasteiger partial charge on any atom is -0.422 e. The molecule has 0 atom stereocenters. The van der Waals surface area contributed by atoms with Crippen molar-refractivity contribution in [2.75, 3.05) is 23.3 Å². The summed E-state index contributed by atoms with van der Waals surface area (Å²) in [4.78, 5) is 14.4. The van der Waals surface area contributed by atoms with Crippen LogP contribution in [0.4, 0.5) is 11.4 Å². The predicted octanol–water partition coefficient (Wildman–Crippen LogP) is 3.98. The van der Waals surface area contributed by atoms with Crippen molar-refractivity contribution in [3.05, 3.63) is 69.6 Å². The van der Waals surface area contributed by atoms with Crippen LogP contribution in [0, 0.1) is 13.8 Å². The van der Waals surface area contributed by atoms with Crippen molar-refractivity contribution < 1.29 is 9.52 Å². The molecule has 0 bridgehead atoms. The number of nitrogens with zero attached hydrogens (tertiary/aromatic N) is 1. The molecule has 0 aliphatic carbocycles. The van der Waals surface area contributed by atoms with Crippen molar-refractivity contribution in [2.45, 2.75) is 39.3 Å². The maximum absolute atomic E-state index is 12.1. The number of hydrogen-bond acceptors (Lipinski definition) is 5. The number of nitrogens with one attached hydrogen (secondary N) is 1. The molecule has 1 saturated heterocycles. The predicted molar refractivity (Wildman–Crippen MR) is 113 cm³/mol. The molecule has 28 heavy (non-hydrogen) atoms. The zero-order valence-electron chi connectivity index (χ0n) is 16.4. The minimum absolute atomic E-state index is 0.196. The first-order valence-corrected chi connectivity index (χ1v) is 9.82. The number of anilines is 2. The van der Waals surface area contributed by atoms with E-state index in [1.807, 2.05) is 32.0 Å². The Kier molecular flexibility index (Phi) is 5.09. The van der Waals surface area contributed by atoms with Gasteiger partial charge in [-0.05, 0) is 55.5 Å². The number of fused-ring (bicyclic) bond motifs is 1. The van der Waals surface area contributed by atoms with E-state index in [4.69, 9.17) is 4.42 Å². The first kappa shape index (κ1) is 18.6. The highest BCUT2D eigenvalue weighted by Gasteiger charge is 2.19. The van der Waals surface area contributed by atoms with Gasteiger partial charge in [-0.2, -0.15) is 0 Å². The molecule has 1 aliphatic heterocycles. The lowest BCUT2D eigenvalue weighted by Crippen LogP contribution is -2.36. The van der Waals surface area contributed by atoms with E-state index in [0.29, 0.717) is 12.1 Å². The van der Waals surface area contributed by atoms with E-state index < -0.39 is 0 Å². The molecule has 1 fully saturated rings. The van der Waals surface area contributed by atoms with E-state index >= 15 is 0 Å². The highest BCUT2D eigenvalue weighted by atomic mass is 16.4. The molecule has 1 aromatic heterocycles. The molecular formula is C23H26N2O3. The van der Waals surface area contributed by atoms with Crippen molar-refractivity contribution in [1.82, 2.24) is 0 Å². The van der Waals surface area contributed by atoms with Gasteiger partial charge in [0.1, 0.15) is 5.58 Å². The van der Waals surface area contributed by atoms with Crippen molar-refractivity contribution in [3.8, 4) is 0 Å². The maximum atomic E-state index is 12.1. The second-order valence-electron chi connectivity index (χ2n) is 7.56. The Morgan fingerprint density at radius 1 is 1.14 bits per heavy atom. The summed E-state index contributed by atoms with van der Waals surface area (Å²) >= 11 is 0. The van der Waals surface area contributed by atoms with Crippen molar-refractivity contribution in [1.29, 1.82) is 0 Å². The number of hydrogen-bond donors (Lipinski definition) is 2. The fraction of sp³-hybridized carbons (Fsp3) is 0.348. The van der Waals surface area contributed by atoms with E-state index in [1.54, 1.807) is 6.07 Å². The molecule has 1 aliphatic rings. The van der Waals surface area contributed by atoms with Gasteiger partial charge in [-0.1, -0.05) is 24.3 Å². The highest BCUT2D eigenvalue weighted by molar-refractivity contribution is 5.84. The van der Waals surface area contributed by atoms with Crippen molar-refractivity contribution in [2.24, 2.45) is 0 Å². The average Bonchev–Trinajstić information content (AvgIpc) is 2.70. The monoisotopic (exact) mass is 378 g/mol. The Morgan fingerprint density at radius 3 is 2.68 bits per heavy atom. The second-order valence-corrected chi connectivity index (χ2v) is 7.56. The van der Waals surface area contributed by atoms with Gasteiger partial charge in [-0.25, -0.2) is 4.79 Å². The molecule has 0 amide bonds. The topological polar surface area (TPSA) is 65.7 Å². The maximum Gasteiger partial charge on any atom is 0.336 e. The van der Waals surface area contributed by atoms with Crippen LogP contribution < -0.4 is 15.8 Å². The summed E-state index contributed by atoms with van der Waals surface area (Å²) in [5.41, 5.74) is 5.55. The summed E-state index contributed by atoms with van der Waals surface area (Å²) in [5.74, 6) is 0. The van der Waals surface area contributed by atoms with Gasteiger partial charge in [0, 0.05) is 31.1 Å². The van der Waals surface area contributed by atoms with Crippen LogP contribution in [0.25, 0.3) is 11.0 Å². The van der Waals surface area contributed by atoms with E-state index in [9.17, 15) is 9.90 Å². The van der Waals surface area contributed by atoms with E-state index in [-0.39, 0.29) is 11.7 Å². The Balaban J connectivity index is 1.62. The molecule has 2 heterocycles. The first-order valence-electron chi connectivity index (χ1n) is 9.82. The number of benzene rings is 2. The van der Waals surface area contributed by atoms with Gasteiger partial charge in [0.25, 0.3) is 0 Å². The minimum atomic E-state index is -0.323. The standard InChI is InChI=1S/C23H26N2O3/c1-15-7-8-19-17(13-22(27)28-23(19)16(15)2)14-24-20-5-3-4-6-21(20)25-11-9-18(26)10-12-25/h3-8,13,18,24,26H,9-12,14H2,1-2H3. The second kappa shape index (κ2) is 7.68. The molecule has 5 nitrogen and oxygen atoms in total. The largest absolute Gasteiger partial charge is 0.422 e. The van der Waals surface area contributed by atoms with Crippen LogP contribution in [-0.2, 0) is 6.54 Å². The van der Waals surface area contributed by atoms with Crippen LogP contribution in [0.15, 0.2) is 51.7 Å². The molecule has 0 unspecified atom stereocenters. The third-order valence-electron chi connectivity index (χ3n) is 5.70. The summed E-state index contributed by atoms with van der Waals surface area (Å²) in [6, 6.07) is 13.9. The quantitative estimate of drug-likeness (QED) is 0.672. The third-order valence-corrected chi connectivity index (χ3v) is 5.70. The molecule has 2 aromatic carbocycles. The lowest BCUT2D eigenvalue weighted by Gasteiger charge is -2.33. The number of rotatable bonds is 4. The van der Waals surface area contributed by atoms with Gasteiger partial charge in [-0.15, -0.1) is 0 Å². The molecule has 0 spiro atoms. The summed E-state index contributed by atoms with van der Waals surface area (Å²) in [6.07, 6.45) is 1.38. The Hall–Kier alpha value is -2.79. The Labute approximate surface area is 164 Å². The van der Waals surface area contributed by atoms with Crippen molar-refractivity contribution in [3.63, 3.8) is 0 Å². The lowest BCUT2D eigenvalue weighted by atomic mass is 10.0. The Bertz CT molecular complexity index is 1050. The van der Waals surface area contributed by atoms with E-state index in [0.717, 1.165) is 59.4 Å². The van der Waals surface area contributed by atoms with Gasteiger partial charge < -0.3 is 19.7 Å². The van der Waals surface area contributed by atoms with Crippen LogP contribution in [0.1, 0.15) is 29.5 Å². The number of aliphatic hydroxyl groups is 1. The zero-order chi connectivity index (χ0) is 19.7. The zero-order valence-corrected chi connectivity index (χ0v) is 16.4. The smallest absolute Gasteiger partial charge is 0.336 e. The third kappa shape index (κ3) is 3.62. The molecule has 146 valence electrons. The summed E-state index contributed by atoms with van der Waals surface area (Å²) in [7, 11) is 0. The van der Waals surface area contributed by atoms with E-state index in [1.165, 1.54) is 0 Å². The van der Waals surface area contributed by atoms with Gasteiger partial charge >= 0.3 is 5.63 Å². The van der Waals surface area contributed by atoms with Crippen LogP contribution in [-0.4, -0.2) is 24.3 Å². The number of aryl methyl sites for hydroxylation is 2. The van der Waals surface area contributed by atoms with Gasteiger partial charge in [0.15, 0.2) is 0 Å². The molecule has 3 aromatic rings. The molecule has 0 saturated carbocycles. The number of aliphatic hydroxyl groups excluding tert-OH is 1. The van der Waals surface area contributed by atoms with Crippen LogP contribution in [0.2, 0.25) is 0 Å². The van der Waals surface area contributed by atoms with Gasteiger partial charge in [-0.3, -0.25) is 0 Å².